The monoisotopic (exact) mass is 364 g/mol. The van der Waals surface area contributed by atoms with Gasteiger partial charge in [0.25, 0.3) is 5.91 Å². The summed E-state index contributed by atoms with van der Waals surface area (Å²) in [5.41, 5.74) is 2.68. The lowest BCUT2D eigenvalue weighted by Crippen LogP contribution is -2.34. The largest absolute Gasteiger partial charge is 0.349 e. The molecule has 0 spiro atoms. The van der Waals surface area contributed by atoms with Crippen LogP contribution in [-0.4, -0.2) is 26.9 Å². The molecule has 26 heavy (non-hydrogen) atoms. The summed E-state index contributed by atoms with van der Waals surface area (Å²) in [5, 5.41) is 3.99. The molecule has 3 rings (SSSR count). The van der Waals surface area contributed by atoms with Gasteiger partial charge in [-0.15, -0.1) is 11.8 Å². The highest BCUT2D eigenvalue weighted by atomic mass is 32.2. The smallest absolute Gasteiger partial charge is 0.251 e. The van der Waals surface area contributed by atoms with Gasteiger partial charge in [-0.1, -0.05) is 18.2 Å². The van der Waals surface area contributed by atoms with Crippen molar-refractivity contribution in [2.45, 2.75) is 30.2 Å². The van der Waals surface area contributed by atoms with Crippen molar-refractivity contribution in [2.75, 3.05) is 0 Å². The zero-order valence-corrected chi connectivity index (χ0v) is 15.3. The molecule has 132 valence electrons. The van der Waals surface area contributed by atoms with Gasteiger partial charge in [0.1, 0.15) is 0 Å². The number of aromatic nitrogens is 3. The molecule has 1 aromatic carbocycles. The Morgan fingerprint density at radius 2 is 1.92 bits per heavy atom. The van der Waals surface area contributed by atoms with E-state index in [1.807, 2.05) is 49.4 Å². The van der Waals surface area contributed by atoms with E-state index in [2.05, 4.69) is 20.3 Å². The number of hydrogen-bond acceptors (Lipinski definition) is 5. The molecule has 1 atom stereocenters. The van der Waals surface area contributed by atoms with Gasteiger partial charge in [0.2, 0.25) is 0 Å². The van der Waals surface area contributed by atoms with Crippen molar-refractivity contribution in [1.29, 1.82) is 0 Å². The number of carbonyl (C=O) groups excluding carboxylic acids is 1. The molecule has 0 saturated heterocycles. The zero-order chi connectivity index (χ0) is 18.2. The van der Waals surface area contributed by atoms with Crippen LogP contribution in [0.4, 0.5) is 0 Å². The Morgan fingerprint density at radius 1 is 1.08 bits per heavy atom. The Hall–Kier alpha value is -2.73. The van der Waals surface area contributed by atoms with E-state index in [0.29, 0.717) is 12.0 Å². The highest BCUT2D eigenvalue weighted by molar-refractivity contribution is 7.98. The van der Waals surface area contributed by atoms with Crippen LogP contribution < -0.4 is 5.32 Å². The number of thioether (sulfide) groups is 1. The number of nitrogens with one attached hydrogen (secondary N) is 1. The molecule has 1 unspecified atom stereocenters. The summed E-state index contributed by atoms with van der Waals surface area (Å²) in [6, 6.07) is 13.5. The molecule has 0 aliphatic heterocycles. The molecule has 6 heteroatoms. The fourth-order valence-electron chi connectivity index (χ4n) is 2.45. The van der Waals surface area contributed by atoms with Crippen LogP contribution in [0, 0.1) is 0 Å². The van der Waals surface area contributed by atoms with E-state index in [1.165, 1.54) is 0 Å². The molecule has 3 aromatic rings. The van der Waals surface area contributed by atoms with Gasteiger partial charge in [-0.3, -0.25) is 14.8 Å². The quantitative estimate of drug-likeness (QED) is 0.650. The zero-order valence-electron chi connectivity index (χ0n) is 14.5. The Kier molecular flexibility index (Phi) is 6.33. The van der Waals surface area contributed by atoms with Gasteiger partial charge in [0, 0.05) is 48.6 Å². The molecular formula is C20H20N4OS. The van der Waals surface area contributed by atoms with Crippen LogP contribution in [-0.2, 0) is 12.2 Å². The molecule has 0 aliphatic rings. The molecule has 5 nitrogen and oxygen atoms in total. The van der Waals surface area contributed by atoms with E-state index in [4.69, 9.17) is 0 Å². The highest BCUT2D eigenvalue weighted by Crippen LogP contribution is 2.20. The molecule has 2 aromatic heterocycles. The second kappa shape index (κ2) is 9.10. The molecule has 0 fully saturated rings. The van der Waals surface area contributed by atoms with Gasteiger partial charge >= 0.3 is 0 Å². The minimum Gasteiger partial charge on any atom is -0.349 e. The average molecular weight is 364 g/mol. The third kappa shape index (κ3) is 5.39. The van der Waals surface area contributed by atoms with Crippen LogP contribution in [0.25, 0.3) is 0 Å². The maximum Gasteiger partial charge on any atom is 0.251 e. The van der Waals surface area contributed by atoms with Crippen molar-refractivity contribution in [3.05, 3.63) is 84.1 Å². The molecule has 2 heterocycles. The second-order valence-corrected chi connectivity index (χ2v) is 6.92. The normalized spacial score (nSPS) is 11.7. The number of carbonyl (C=O) groups is 1. The van der Waals surface area contributed by atoms with Crippen LogP contribution in [0.5, 0.6) is 0 Å². The van der Waals surface area contributed by atoms with E-state index in [0.717, 1.165) is 22.0 Å². The van der Waals surface area contributed by atoms with Crippen LogP contribution in [0.2, 0.25) is 0 Å². The topological polar surface area (TPSA) is 67.8 Å². The Morgan fingerprint density at radius 3 is 2.62 bits per heavy atom. The standard InChI is InChI=1S/C20H20N4OS/c1-15(12-18-13-21-10-11-22-18)24-20(25)17-7-5-16(6-8-17)14-26-19-4-2-3-9-23-19/h2-11,13,15H,12,14H2,1H3,(H,24,25). The van der Waals surface area contributed by atoms with Gasteiger partial charge in [0.15, 0.2) is 0 Å². The van der Waals surface area contributed by atoms with E-state index in [1.54, 1.807) is 36.5 Å². The summed E-state index contributed by atoms with van der Waals surface area (Å²) in [4.78, 5) is 24.9. The summed E-state index contributed by atoms with van der Waals surface area (Å²) >= 11 is 1.68. The van der Waals surface area contributed by atoms with Gasteiger partial charge < -0.3 is 5.32 Å². The number of nitrogens with zero attached hydrogens (tertiary/aromatic N) is 3. The fourth-order valence-corrected chi connectivity index (χ4v) is 3.27. The van der Waals surface area contributed by atoms with Crippen molar-refractivity contribution in [2.24, 2.45) is 0 Å². The highest BCUT2D eigenvalue weighted by Gasteiger charge is 2.11. The number of amides is 1. The summed E-state index contributed by atoms with van der Waals surface area (Å²) in [6.07, 6.45) is 7.46. The maximum absolute atomic E-state index is 12.4. The lowest BCUT2D eigenvalue weighted by molar-refractivity contribution is 0.0940. The first-order valence-corrected chi connectivity index (χ1v) is 9.38. The van der Waals surface area contributed by atoms with Crippen LogP contribution in [0.15, 0.2) is 72.3 Å². The van der Waals surface area contributed by atoms with Crippen LogP contribution in [0.1, 0.15) is 28.5 Å². The van der Waals surface area contributed by atoms with Crippen molar-refractivity contribution >= 4 is 17.7 Å². The molecule has 0 bridgehead atoms. The Labute approximate surface area is 157 Å². The van der Waals surface area contributed by atoms with Gasteiger partial charge in [-0.05, 0) is 36.8 Å². The molecule has 0 saturated carbocycles. The van der Waals surface area contributed by atoms with E-state index < -0.39 is 0 Å². The lowest BCUT2D eigenvalue weighted by Gasteiger charge is -2.13. The SMILES string of the molecule is CC(Cc1cnccn1)NC(=O)c1ccc(CSc2ccccn2)cc1. The first kappa shape index (κ1) is 18.1. The van der Waals surface area contributed by atoms with E-state index in [9.17, 15) is 4.79 Å². The molecule has 1 amide bonds. The van der Waals surface area contributed by atoms with Gasteiger partial charge in [-0.25, -0.2) is 4.98 Å². The summed E-state index contributed by atoms with van der Waals surface area (Å²) in [5.74, 6) is 0.743. The first-order valence-electron chi connectivity index (χ1n) is 8.39. The summed E-state index contributed by atoms with van der Waals surface area (Å²) in [7, 11) is 0. The Bertz CT molecular complexity index is 825. The van der Waals surface area contributed by atoms with Crippen LogP contribution >= 0.6 is 11.8 Å². The third-order valence-electron chi connectivity index (χ3n) is 3.75. The molecular weight excluding hydrogens is 344 g/mol. The van der Waals surface area contributed by atoms with Gasteiger partial charge in [0.05, 0.1) is 10.7 Å². The second-order valence-electron chi connectivity index (χ2n) is 5.93. The van der Waals surface area contributed by atoms with Crippen molar-refractivity contribution < 1.29 is 4.79 Å². The predicted molar refractivity (Wildman–Crippen MR) is 103 cm³/mol. The number of pyridine rings is 1. The number of benzene rings is 1. The predicted octanol–water partition coefficient (Wildman–Crippen LogP) is 3.52. The van der Waals surface area contributed by atoms with Crippen molar-refractivity contribution in [3.8, 4) is 0 Å². The third-order valence-corrected chi connectivity index (χ3v) is 4.76. The Balaban J connectivity index is 1.51. The maximum atomic E-state index is 12.4. The van der Waals surface area contributed by atoms with E-state index in [-0.39, 0.29) is 11.9 Å². The average Bonchev–Trinajstić information content (AvgIpc) is 2.68. The molecule has 1 N–H and O–H groups in total. The fraction of sp³-hybridized carbons (Fsp3) is 0.200. The van der Waals surface area contributed by atoms with Crippen LogP contribution in [0.3, 0.4) is 0 Å². The van der Waals surface area contributed by atoms with Crippen molar-refractivity contribution in [1.82, 2.24) is 20.3 Å². The number of rotatable bonds is 7. The minimum atomic E-state index is -0.0784. The summed E-state index contributed by atoms with van der Waals surface area (Å²) < 4.78 is 0. The summed E-state index contributed by atoms with van der Waals surface area (Å²) in [6.45, 7) is 1.96. The lowest BCUT2D eigenvalue weighted by atomic mass is 10.1. The minimum absolute atomic E-state index is 0.0152. The molecule has 0 radical (unpaired) electrons. The van der Waals surface area contributed by atoms with Crippen molar-refractivity contribution in [3.63, 3.8) is 0 Å². The number of hydrogen-bond donors (Lipinski definition) is 1. The molecule has 0 aliphatic carbocycles. The van der Waals surface area contributed by atoms with Gasteiger partial charge in [-0.2, -0.15) is 0 Å². The van der Waals surface area contributed by atoms with E-state index >= 15 is 0 Å². The first-order chi connectivity index (χ1) is 12.7.